The van der Waals surface area contributed by atoms with Gasteiger partial charge in [-0.2, -0.15) is 0 Å². The Hall–Kier alpha value is -2.28. The van der Waals surface area contributed by atoms with Crippen LogP contribution in [0.5, 0.6) is 0 Å². The fraction of sp³-hybridized carbons (Fsp3) is 0.438. The summed E-state index contributed by atoms with van der Waals surface area (Å²) >= 11 is 0. The number of likely N-dealkylation sites (tertiary alicyclic amines) is 1. The molecular formula is C16H17FN4O2. The normalized spacial score (nSPS) is 23.3. The van der Waals surface area contributed by atoms with E-state index in [9.17, 15) is 9.18 Å². The number of hydrogen-bond donors (Lipinski definition) is 0. The number of rotatable bonds is 2. The molecule has 0 bridgehead atoms. The number of ether oxygens (including phenoxy) is 1. The van der Waals surface area contributed by atoms with Gasteiger partial charge in [0.1, 0.15) is 5.82 Å². The van der Waals surface area contributed by atoms with Gasteiger partial charge in [0.2, 0.25) is 5.91 Å². The Labute approximate surface area is 132 Å². The lowest BCUT2D eigenvalue weighted by Crippen LogP contribution is -2.50. The summed E-state index contributed by atoms with van der Waals surface area (Å²) in [6.07, 6.45) is 2.58. The second kappa shape index (κ2) is 5.73. The number of piperidine rings is 1. The summed E-state index contributed by atoms with van der Waals surface area (Å²) in [5, 5.41) is 8.05. The molecule has 1 amide bonds. The second-order valence-corrected chi connectivity index (χ2v) is 5.98. The van der Waals surface area contributed by atoms with Gasteiger partial charge in [-0.05, 0) is 18.1 Å². The lowest BCUT2D eigenvalue weighted by Gasteiger charge is -2.41. The van der Waals surface area contributed by atoms with Crippen LogP contribution in [-0.2, 0) is 22.6 Å². The van der Waals surface area contributed by atoms with Gasteiger partial charge in [-0.3, -0.25) is 4.79 Å². The van der Waals surface area contributed by atoms with Crippen LogP contribution in [-0.4, -0.2) is 45.0 Å². The molecule has 0 N–H and O–H groups in total. The highest BCUT2D eigenvalue weighted by atomic mass is 19.1. The highest BCUT2D eigenvalue weighted by Gasteiger charge is 2.37. The number of benzene rings is 1. The van der Waals surface area contributed by atoms with Crippen LogP contribution >= 0.6 is 0 Å². The molecule has 2 atom stereocenters. The minimum atomic E-state index is -0.338. The minimum Gasteiger partial charge on any atom is -0.370 e. The van der Waals surface area contributed by atoms with Crippen molar-refractivity contribution >= 4 is 5.91 Å². The van der Waals surface area contributed by atoms with E-state index in [4.69, 9.17) is 4.74 Å². The van der Waals surface area contributed by atoms with Crippen LogP contribution in [0.3, 0.4) is 0 Å². The van der Waals surface area contributed by atoms with Crippen LogP contribution in [0, 0.1) is 5.82 Å². The number of amides is 1. The lowest BCUT2D eigenvalue weighted by atomic mass is 9.99. The van der Waals surface area contributed by atoms with Gasteiger partial charge in [0.25, 0.3) is 0 Å². The van der Waals surface area contributed by atoms with E-state index in [1.165, 1.54) is 6.07 Å². The molecule has 1 aromatic heterocycles. The number of fused-ring (bicyclic) bond motifs is 3. The van der Waals surface area contributed by atoms with Gasteiger partial charge < -0.3 is 9.64 Å². The van der Waals surface area contributed by atoms with Crippen LogP contribution in [0.25, 0.3) is 0 Å². The monoisotopic (exact) mass is 316 g/mol. The van der Waals surface area contributed by atoms with E-state index in [1.54, 1.807) is 29.3 Å². The third-order valence-electron chi connectivity index (χ3n) is 4.58. The predicted molar refractivity (Wildman–Crippen MR) is 78.9 cm³/mol. The molecule has 23 heavy (non-hydrogen) atoms. The third-order valence-corrected chi connectivity index (χ3v) is 4.58. The molecule has 1 aromatic carbocycles. The molecule has 0 spiro atoms. The van der Waals surface area contributed by atoms with Crippen molar-refractivity contribution in [2.24, 2.45) is 0 Å². The van der Waals surface area contributed by atoms with Gasteiger partial charge in [-0.25, -0.2) is 9.07 Å². The summed E-state index contributed by atoms with van der Waals surface area (Å²) in [4.78, 5) is 14.3. The summed E-state index contributed by atoms with van der Waals surface area (Å²) in [5.41, 5.74) is 1.36. The largest absolute Gasteiger partial charge is 0.370 e. The van der Waals surface area contributed by atoms with Gasteiger partial charge in [0.15, 0.2) is 0 Å². The van der Waals surface area contributed by atoms with Crippen LogP contribution in [0.4, 0.5) is 4.39 Å². The first kappa shape index (κ1) is 14.3. The molecule has 7 heteroatoms. The number of aromatic nitrogens is 3. The van der Waals surface area contributed by atoms with Crippen molar-refractivity contribution in [1.29, 1.82) is 0 Å². The molecule has 0 saturated carbocycles. The van der Waals surface area contributed by atoms with E-state index in [0.717, 1.165) is 12.1 Å². The number of nitrogens with zero attached hydrogens (tertiary/aromatic N) is 4. The Kier molecular flexibility index (Phi) is 3.57. The molecule has 4 rings (SSSR count). The number of halogens is 1. The van der Waals surface area contributed by atoms with E-state index in [0.29, 0.717) is 25.3 Å². The molecule has 6 nitrogen and oxygen atoms in total. The topological polar surface area (TPSA) is 60.3 Å². The van der Waals surface area contributed by atoms with Gasteiger partial charge >= 0.3 is 0 Å². The molecule has 0 radical (unpaired) electrons. The Morgan fingerprint density at radius 2 is 2.26 bits per heavy atom. The van der Waals surface area contributed by atoms with Crippen molar-refractivity contribution in [3.8, 4) is 0 Å². The zero-order chi connectivity index (χ0) is 15.8. The van der Waals surface area contributed by atoms with Crippen molar-refractivity contribution in [2.45, 2.75) is 31.6 Å². The van der Waals surface area contributed by atoms with Crippen LogP contribution in [0.15, 0.2) is 30.5 Å². The quantitative estimate of drug-likeness (QED) is 0.839. The predicted octanol–water partition coefficient (Wildman–Crippen LogP) is 1.33. The average Bonchev–Trinajstić information content (AvgIpc) is 3.05. The molecule has 1 saturated heterocycles. The van der Waals surface area contributed by atoms with Crippen LogP contribution in [0.1, 0.15) is 23.7 Å². The minimum absolute atomic E-state index is 0.0143. The molecule has 0 aliphatic carbocycles. The number of hydrogen-bond acceptors (Lipinski definition) is 4. The fourth-order valence-corrected chi connectivity index (χ4v) is 3.32. The molecular weight excluding hydrogens is 299 g/mol. The Morgan fingerprint density at radius 1 is 1.39 bits per heavy atom. The van der Waals surface area contributed by atoms with Gasteiger partial charge in [-0.15, -0.1) is 5.10 Å². The Balaban J connectivity index is 1.49. The first-order chi connectivity index (χ1) is 11.2. The first-order valence-electron chi connectivity index (χ1n) is 7.74. The number of carbonyl (C=O) groups excluding carboxylic acids is 1. The average molecular weight is 316 g/mol. The molecule has 2 aliphatic rings. The summed E-state index contributed by atoms with van der Waals surface area (Å²) in [7, 11) is 0. The van der Waals surface area contributed by atoms with Crippen molar-refractivity contribution in [1.82, 2.24) is 19.9 Å². The van der Waals surface area contributed by atoms with Gasteiger partial charge in [0, 0.05) is 13.1 Å². The Bertz CT molecular complexity index is 732. The summed E-state index contributed by atoms with van der Waals surface area (Å²) < 4.78 is 21.4. The van der Waals surface area contributed by atoms with E-state index in [-0.39, 0.29) is 30.3 Å². The zero-order valence-electron chi connectivity index (χ0n) is 12.6. The SMILES string of the molecule is O=C(Cc1ccccc1F)N1CC[C@@H]2OCc3cnnn3[C@@H]2C1. The highest BCUT2D eigenvalue weighted by molar-refractivity contribution is 5.79. The van der Waals surface area contributed by atoms with E-state index in [2.05, 4.69) is 10.3 Å². The smallest absolute Gasteiger partial charge is 0.227 e. The maximum absolute atomic E-state index is 13.7. The van der Waals surface area contributed by atoms with Crippen molar-refractivity contribution in [3.63, 3.8) is 0 Å². The zero-order valence-corrected chi connectivity index (χ0v) is 12.6. The first-order valence-corrected chi connectivity index (χ1v) is 7.74. The highest BCUT2D eigenvalue weighted by Crippen LogP contribution is 2.30. The van der Waals surface area contributed by atoms with Crippen LogP contribution < -0.4 is 0 Å². The molecule has 2 aromatic rings. The summed E-state index contributed by atoms with van der Waals surface area (Å²) in [6.45, 7) is 1.66. The van der Waals surface area contributed by atoms with E-state index in [1.807, 2.05) is 4.68 Å². The fourth-order valence-electron chi connectivity index (χ4n) is 3.32. The summed E-state index contributed by atoms with van der Waals surface area (Å²) in [5.74, 6) is -0.406. The summed E-state index contributed by atoms with van der Waals surface area (Å²) in [6, 6.07) is 6.39. The van der Waals surface area contributed by atoms with Crippen molar-refractivity contribution in [3.05, 3.63) is 47.5 Å². The molecule has 0 unspecified atom stereocenters. The second-order valence-electron chi connectivity index (χ2n) is 5.98. The van der Waals surface area contributed by atoms with Crippen LogP contribution in [0.2, 0.25) is 0 Å². The van der Waals surface area contributed by atoms with Gasteiger partial charge in [0.05, 0.1) is 37.1 Å². The lowest BCUT2D eigenvalue weighted by molar-refractivity contribution is -0.137. The van der Waals surface area contributed by atoms with E-state index >= 15 is 0 Å². The molecule has 120 valence electrons. The van der Waals surface area contributed by atoms with E-state index < -0.39 is 0 Å². The molecule has 3 heterocycles. The standard InChI is InChI=1S/C16H17FN4O2/c17-13-4-2-1-3-11(13)7-16(22)20-6-5-15-14(9-20)21-12(10-23-15)8-18-19-21/h1-4,8,14-15H,5-7,9-10H2/t14-,15+/m1/s1. The number of carbonyl (C=O) groups is 1. The maximum Gasteiger partial charge on any atom is 0.227 e. The van der Waals surface area contributed by atoms with Gasteiger partial charge in [-0.1, -0.05) is 23.4 Å². The molecule has 1 fully saturated rings. The molecule has 2 aliphatic heterocycles. The van der Waals surface area contributed by atoms with Crippen molar-refractivity contribution in [2.75, 3.05) is 13.1 Å². The maximum atomic E-state index is 13.7. The Morgan fingerprint density at radius 3 is 3.13 bits per heavy atom. The third kappa shape index (κ3) is 2.61. The van der Waals surface area contributed by atoms with Crippen molar-refractivity contribution < 1.29 is 13.9 Å².